The molecular formula is C16H10O. The smallest absolute Gasteiger partial charge is 0.134 e. The Labute approximate surface area is 98.3 Å². The van der Waals surface area contributed by atoms with Gasteiger partial charge in [-0.1, -0.05) is 36.4 Å². The van der Waals surface area contributed by atoms with E-state index in [-0.39, 0.29) is 0 Å². The fourth-order valence-electron chi connectivity index (χ4n) is 2.44. The molecule has 1 heterocycles. The summed E-state index contributed by atoms with van der Waals surface area (Å²) in [7, 11) is 0. The first-order valence-electron chi connectivity index (χ1n) is 5.70. The number of para-hydroxylation sites is 1. The molecule has 0 fully saturated rings. The Hall–Kier alpha value is -2.28. The van der Waals surface area contributed by atoms with Crippen LogP contribution in [0.2, 0.25) is 0 Å². The van der Waals surface area contributed by atoms with Crippen molar-refractivity contribution in [1.29, 1.82) is 0 Å². The number of fused-ring (bicyclic) bond motifs is 4. The van der Waals surface area contributed by atoms with Gasteiger partial charge in [0.25, 0.3) is 0 Å². The van der Waals surface area contributed by atoms with E-state index in [9.17, 15) is 0 Å². The van der Waals surface area contributed by atoms with E-state index >= 15 is 0 Å². The standard InChI is InChI=1S/C16H10O/c1-2-7-16-14(6-1)15-9-12-5-3-4-11(12)8-13(15)10-17-16/h1-10H. The third kappa shape index (κ3) is 1.19. The summed E-state index contributed by atoms with van der Waals surface area (Å²) in [6.45, 7) is 0. The van der Waals surface area contributed by atoms with Crippen molar-refractivity contribution in [2.24, 2.45) is 0 Å². The van der Waals surface area contributed by atoms with E-state index in [1.165, 1.54) is 21.5 Å². The second-order valence-electron chi connectivity index (χ2n) is 4.33. The molecule has 0 bridgehead atoms. The molecule has 0 saturated heterocycles. The summed E-state index contributed by atoms with van der Waals surface area (Å²) in [4.78, 5) is 0. The molecule has 3 aromatic carbocycles. The van der Waals surface area contributed by atoms with Crippen molar-refractivity contribution in [1.82, 2.24) is 0 Å². The van der Waals surface area contributed by atoms with Crippen molar-refractivity contribution < 1.29 is 4.42 Å². The predicted molar refractivity (Wildman–Crippen MR) is 71.2 cm³/mol. The van der Waals surface area contributed by atoms with Crippen molar-refractivity contribution in [3.8, 4) is 0 Å². The molecule has 4 aromatic rings. The van der Waals surface area contributed by atoms with Crippen molar-refractivity contribution >= 4 is 32.5 Å². The van der Waals surface area contributed by atoms with Crippen LogP contribution >= 0.6 is 0 Å². The normalized spacial score (nSPS) is 11.5. The molecule has 0 unspecified atom stereocenters. The summed E-state index contributed by atoms with van der Waals surface area (Å²) in [5.41, 5.74) is 0.936. The average Bonchev–Trinajstić information content (AvgIpc) is 2.83. The van der Waals surface area contributed by atoms with Gasteiger partial charge < -0.3 is 4.42 Å². The number of hydrogen-bond donors (Lipinski definition) is 0. The first-order valence-corrected chi connectivity index (χ1v) is 5.70. The minimum absolute atomic E-state index is 0.936. The van der Waals surface area contributed by atoms with Gasteiger partial charge in [0.2, 0.25) is 0 Å². The van der Waals surface area contributed by atoms with Crippen molar-refractivity contribution in [2.45, 2.75) is 0 Å². The highest BCUT2D eigenvalue weighted by molar-refractivity contribution is 6.09. The summed E-state index contributed by atoms with van der Waals surface area (Å²) in [5, 5.41) is 6.14. The molecule has 0 aliphatic carbocycles. The third-order valence-corrected chi connectivity index (χ3v) is 3.30. The second kappa shape index (κ2) is 3.11. The highest BCUT2D eigenvalue weighted by Crippen LogP contribution is 2.29. The Morgan fingerprint density at radius 3 is 2.41 bits per heavy atom. The number of benzene rings is 2. The van der Waals surface area contributed by atoms with Gasteiger partial charge in [0.1, 0.15) is 5.58 Å². The Kier molecular flexibility index (Phi) is 1.61. The van der Waals surface area contributed by atoms with Gasteiger partial charge >= 0.3 is 0 Å². The van der Waals surface area contributed by atoms with Gasteiger partial charge in [0, 0.05) is 10.8 Å². The molecule has 1 nitrogen and oxygen atoms in total. The van der Waals surface area contributed by atoms with Crippen LogP contribution in [0, 0.1) is 0 Å². The molecule has 1 aromatic heterocycles. The molecule has 0 saturated carbocycles. The van der Waals surface area contributed by atoms with Crippen molar-refractivity contribution in [3.63, 3.8) is 0 Å². The molecule has 0 atom stereocenters. The van der Waals surface area contributed by atoms with E-state index in [2.05, 4.69) is 36.4 Å². The lowest BCUT2D eigenvalue weighted by molar-refractivity contribution is 0.611. The lowest BCUT2D eigenvalue weighted by Crippen LogP contribution is -1.77. The Balaban J connectivity index is 2.30. The molecule has 0 spiro atoms. The number of hydrogen-bond acceptors (Lipinski definition) is 1. The fraction of sp³-hybridized carbons (Fsp3) is 0. The first kappa shape index (κ1) is 8.82. The van der Waals surface area contributed by atoms with Gasteiger partial charge in [-0.3, -0.25) is 0 Å². The first-order chi connectivity index (χ1) is 8.42. The SMILES string of the molecule is c1cc2cc3coc4ccccc4c3cc2c1. The quantitative estimate of drug-likeness (QED) is 0.388. The molecule has 17 heavy (non-hydrogen) atoms. The maximum absolute atomic E-state index is 5.65. The highest BCUT2D eigenvalue weighted by atomic mass is 16.3. The van der Waals surface area contributed by atoms with Gasteiger partial charge in [-0.15, -0.1) is 0 Å². The Bertz CT molecular complexity index is 840. The van der Waals surface area contributed by atoms with Crippen LogP contribution in [-0.2, 0) is 0 Å². The van der Waals surface area contributed by atoms with Crippen LogP contribution < -0.4 is 0 Å². The van der Waals surface area contributed by atoms with Gasteiger partial charge in [0.15, 0.2) is 0 Å². The topological polar surface area (TPSA) is 13.1 Å². The van der Waals surface area contributed by atoms with Gasteiger partial charge in [-0.25, -0.2) is 0 Å². The molecule has 80 valence electrons. The molecule has 0 amide bonds. The van der Waals surface area contributed by atoms with Crippen LogP contribution in [0.4, 0.5) is 0 Å². The van der Waals surface area contributed by atoms with Crippen LogP contribution in [0.25, 0.3) is 32.5 Å². The zero-order valence-electron chi connectivity index (χ0n) is 9.18. The fourth-order valence-corrected chi connectivity index (χ4v) is 2.44. The molecule has 0 aliphatic rings. The van der Waals surface area contributed by atoms with E-state index < -0.39 is 0 Å². The van der Waals surface area contributed by atoms with Crippen molar-refractivity contribution in [2.75, 3.05) is 0 Å². The Morgan fingerprint density at radius 1 is 0.647 bits per heavy atom. The molecule has 4 rings (SSSR count). The zero-order valence-corrected chi connectivity index (χ0v) is 9.18. The lowest BCUT2D eigenvalue weighted by atomic mass is 10.1. The van der Waals surface area contributed by atoms with Gasteiger partial charge in [-0.2, -0.15) is 0 Å². The minimum atomic E-state index is 0.936. The summed E-state index contributed by atoms with van der Waals surface area (Å²) in [6.07, 6.45) is 1.84. The maximum Gasteiger partial charge on any atom is 0.134 e. The van der Waals surface area contributed by atoms with Gasteiger partial charge in [0.05, 0.1) is 6.26 Å². The largest absolute Gasteiger partial charge is 0.464 e. The monoisotopic (exact) mass is 218 g/mol. The highest BCUT2D eigenvalue weighted by Gasteiger charge is 2.03. The van der Waals surface area contributed by atoms with E-state index in [0.29, 0.717) is 0 Å². The summed E-state index contributed by atoms with van der Waals surface area (Å²) in [6, 6.07) is 18.9. The summed E-state index contributed by atoms with van der Waals surface area (Å²) >= 11 is 0. The van der Waals surface area contributed by atoms with E-state index in [1.54, 1.807) is 0 Å². The van der Waals surface area contributed by atoms with E-state index in [0.717, 1.165) is 11.0 Å². The van der Waals surface area contributed by atoms with E-state index in [1.807, 2.05) is 24.5 Å². The molecule has 0 radical (unpaired) electrons. The summed E-state index contributed by atoms with van der Waals surface area (Å²) < 4.78 is 5.65. The minimum Gasteiger partial charge on any atom is -0.464 e. The van der Waals surface area contributed by atoms with Gasteiger partial charge in [-0.05, 0) is 34.4 Å². The average molecular weight is 218 g/mol. The molecule has 0 N–H and O–H groups in total. The third-order valence-electron chi connectivity index (χ3n) is 3.30. The van der Waals surface area contributed by atoms with Crippen LogP contribution in [0.5, 0.6) is 0 Å². The molecule has 0 aliphatic heterocycles. The predicted octanol–water partition coefficient (Wildman–Crippen LogP) is 4.74. The summed E-state index contributed by atoms with van der Waals surface area (Å²) in [5.74, 6) is 0. The zero-order chi connectivity index (χ0) is 11.2. The van der Waals surface area contributed by atoms with Crippen LogP contribution in [-0.4, -0.2) is 0 Å². The number of rotatable bonds is 0. The maximum atomic E-state index is 5.65. The Morgan fingerprint density at radius 2 is 1.47 bits per heavy atom. The molecule has 1 heteroatoms. The van der Waals surface area contributed by atoms with Crippen LogP contribution in [0.1, 0.15) is 0 Å². The molecular weight excluding hydrogens is 208 g/mol. The lowest BCUT2D eigenvalue weighted by Gasteiger charge is -2.03. The van der Waals surface area contributed by atoms with E-state index in [4.69, 9.17) is 4.42 Å². The van der Waals surface area contributed by atoms with Crippen LogP contribution in [0.3, 0.4) is 0 Å². The second-order valence-corrected chi connectivity index (χ2v) is 4.33. The van der Waals surface area contributed by atoms with Crippen LogP contribution in [0.15, 0.2) is 65.3 Å². The van der Waals surface area contributed by atoms with Crippen molar-refractivity contribution in [3.05, 3.63) is 60.9 Å².